The van der Waals surface area contributed by atoms with Crippen molar-refractivity contribution in [3.05, 3.63) is 58.2 Å². The summed E-state index contributed by atoms with van der Waals surface area (Å²) in [5.41, 5.74) is 0.806. The fourth-order valence-corrected chi connectivity index (χ4v) is 2.47. The number of allylic oxidation sites excluding steroid dienone is 2. The monoisotopic (exact) mass is 304 g/mol. The van der Waals surface area contributed by atoms with E-state index in [0.29, 0.717) is 6.54 Å². The molecule has 0 saturated carbocycles. The van der Waals surface area contributed by atoms with Gasteiger partial charge in [0.15, 0.2) is 0 Å². The molecule has 2 atom stereocenters. The van der Waals surface area contributed by atoms with E-state index < -0.39 is 10.7 Å². The molecule has 6 heteroatoms. The number of hydrogen-bond donors (Lipinski definition) is 1. The summed E-state index contributed by atoms with van der Waals surface area (Å²) in [5, 5.41) is 14.3. The Balaban J connectivity index is 2.41. The van der Waals surface area contributed by atoms with E-state index in [1.807, 2.05) is 32.2 Å². The molecule has 0 bridgehead atoms. The number of ether oxygens (including phenoxy) is 2. The van der Waals surface area contributed by atoms with Crippen molar-refractivity contribution in [1.29, 1.82) is 0 Å². The number of nitro benzene ring substituents is 1. The third kappa shape index (κ3) is 3.18. The number of nitro groups is 1. The third-order valence-corrected chi connectivity index (χ3v) is 3.62. The van der Waals surface area contributed by atoms with Gasteiger partial charge in [0.2, 0.25) is 11.5 Å². The van der Waals surface area contributed by atoms with E-state index in [1.54, 1.807) is 18.2 Å². The largest absolute Gasteiger partial charge is 0.451 e. The van der Waals surface area contributed by atoms with Crippen LogP contribution >= 0.6 is 0 Å². The molecule has 0 saturated heterocycles. The summed E-state index contributed by atoms with van der Waals surface area (Å²) in [6.07, 6.45) is 7.47. The van der Waals surface area contributed by atoms with E-state index in [4.69, 9.17) is 9.47 Å². The van der Waals surface area contributed by atoms with Gasteiger partial charge >= 0.3 is 5.69 Å². The Labute approximate surface area is 129 Å². The Kier molecular flexibility index (Phi) is 4.95. The van der Waals surface area contributed by atoms with E-state index in [9.17, 15) is 10.1 Å². The molecule has 1 aliphatic carbocycles. The number of nitrogens with one attached hydrogen (secondary N) is 1. The molecule has 1 aromatic rings. The molecule has 0 aromatic heterocycles. The van der Waals surface area contributed by atoms with Gasteiger partial charge in [0.05, 0.1) is 10.8 Å². The highest BCUT2D eigenvalue weighted by molar-refractivity contribution is 5.49. The van der Waals surface area contributed by atoms with Crippen LogP contribution in [0.2, 0.25) is 0 Å². The lowest BCUT2D eigenvalue weighted by Crippen LogP contribution is -2.47. The van der Waals surface area contributed by atoms with Crippen LogP contribution in [0.15, 0.2) is 42.5 Å². The van der Waals surface area contributed by atoms with Crippen LogP contribution in [0.1, 0.15) is 5.56 Å². The normalized spacial score (nSPS) is 23.5. The summed E-state index contributed by atoms with van der Waals surface area (Å²) in [5.74, 6) is -0.975. The van der Waals surface area contributed by atoms with Crippen molar-refractivity contribution >= 4 is 5.69 Å². The molecule has 118 valence electrons. The number of aryl methyl sites for hydroxylation is 1. The maximum absolute atomic E-state index is 11.2. The number of benzene rings is 1. The Hall–Kier alpha value is -2.18. The van der Waals surface area contributed by atoms with Gasteiger partial charge < -0.3 is 14.8 Å². The van der Waals surface area contributed by atoms with Gasteiger partial charge in [-0.1, -0.05) is 24.3 Å². The lowest BCUT2D eigenvalue weighted by molar-refractivity contribution is -0.386. The molecule has 0 fully saturated rings. The molecule has 2 unspecified atom stereocenters. The Morgan fingerprint density at radius 3 is 2.82 bits per heavy atom. The quantitative estimate of drug-likeness (QED) is 0.497. The minimum atomic E-state index is -1.07. The van der Waals surface area contributed by atoms with Gasteiger partial charge in [-0.25, -0.2) is 0 Å². The number of rotatable bonds is 6. The predicted molar refractivity (Wildman–Crippen MR) is 83.9 cm³/mol. The van der Waals surface area contributed by atoms with Crippen molar-refractivity contribution < 1.29 is 14.4 Å². The van der Waals surface area contributed by atoms with Crippen LogP contribution in [0.4, 0.5) is 5.69 Å². The summed E-state index contributed by atoms with van der Waals surface area (Å²) < 4.78 is 11.6. The van der Waals surface area contributed by atoms with E-state index in [0.717, 1.165) is 5.56 Å². The average molecular weight is 304 g/mol. The summed E-state index contributed by atoms with van der Waals surface area (Å²) in [7, 11) is 3.37. The highest BCUT2D eigenvalue weighted by atomic mass is 16.7. The summed E-state index contributed by atoms with van der Waals surface area (Å²) in [6.45, 7) is 2.48. The van der Waals surface area contributed by atoms with Crippen LogP contribution in [-0.4, -0.2) is 31.4 Å². The highest BCUT2D eigenvalue weighted by Crippen LogP contribution is 2.36. The van der Waals surface area contributed by atoms with Gasteiger partial charge in [-0.05, 0) is 31.7 Å². The summed E-state index contributed by atoms with van der Waals surface area (Å²) in [4.78, 5) is 10.8. The van der Waals surface area contributed by atoms with Crippen molar-refractivity contribution in [2.24, 2.45) is 5.92 Å². The van der Waals surface area contributed by atoms with E-state index in [1.165, 1.54) is 13.2 Å². The zero-order valence-corrected chi connectivity index (χ0v) is 12.9. The lowest BCUT2D eigenvalue weighted by atomic mass is 9.93. The first-order valence-corrected chi connectivity index (χ1v) is 7.02. The summed E-state index contributed by atoms with van der Waals surface area (Å²) in [6, 6.07) is 4.79. The van der Waals surface area contributed by atoms with Gasteiger partial charge in [0, 0.05) is 19.7 Å². The third-order valence-electron chi connectivity index (χ3n) is 3.62. The first kappa shape index (κ1) is 16.2. The summed E-state index contributed by atoms with van der Waals surface area (Å²) >= 11 is 0. The minimum Gasteiger partial charge on any atom is -0.451 e. The molecule has 2 rings (SSSR count). The maximum atomic E-state index is 11.2. The number of hydrogen-bond acceptors (Lipinski definition) is 5. The van der Waals surface area contributed by atoms with Crippen LogP contribution < -0.4 is 10.1 Å². The molecule has 0 radical (unpaired) electrons. The molecule has 1 aliphatic rings. The fourth-order valence-electron chi connectivity index (χ4n) is 2.47. The molecule has 6 nitrogen and oxygen atoms in total. The maximum Gasteiger partial charge on any atom is 0.311 e. The molecule has 0 aliphatic heterocycles. The zero-order chi connectivity index (χ0) is 16.2. The van der Waals surface area contributed by atoms with E-state index in [2.05, 4.69) is 5.32 Å². The molecule has 1 aromatic carbocycles. The van der Waals surface area contributed by atoms with Gasteiger partial charge in [-0.2, -0.15) is 0 Å². The van der Waals surface area contributed by atoms with Crippen molar-refractivity contribution in [2.75, 3.05) is 20.7 Å². The topological polar surface area (TPSA) is 73.6 Å². The van der Waals surface area contributed by atoms with Crippen LogP contribution in [0.5, 0.6) is 5.75 Å². The van der Waals surface area contributed by atoms with Crippen molar-refractivity contribution in [3.8, 4) is 5.75 Å². The molecular formula is C16H20N2O4. The lowest BCUT2D eigenvalue weighted by Gasteiger charge is -2.37. The SMILES string of the molecule is CNCC1C=CC=CC1(OC)Oc1cc(C)ccc1[N+](=O)[O-]. The van der Waals surface area contributed by atoms with Crippen LogP contribution in [0.3, 0.4) is 0 Å². The Morgan fingerprint density at radius 2 is 2.18 bits per heavy atom. The van der Waals surface area contributed by atoms with Crippen molar-refractivity contribution in [1.82, 2.24) is 5.32 Å². The number of nitrogens with zero attached hydrogens (tertiary/aromatic N) is 1. The van der Waals surface area contributed by atoms with Gasteiger partial charge in [0.1, 0.15) is 0 Å². The van der Waals surface area contributed by atoms with Gasteiger partial charge in [-0.15, -0.1) is 0 Å². The first-order chi connectivity index (χ1) is 10.5. The molecule has 0 spiro atoms. The van der Waals surface area contributed by atoms with E-state index in [-0.39, 0.29) is 17.4 Å². The molecule has 0 amide bonds. The second-order valence-electron chi connectivity index (χ2n) is 5.16. The first-order valence-electron chi connectivity index (χ1n) is 7.02. The molecule has 1 N–H and O–H groups in total. The van der Waals surface area contributed by atoms with Crippen LogP contribution in [0.25, 0.3) is 0 Å². The highest BCUT2D eigenvalue weighted by Gasteiger charge is 2.40. The van der Waals surface area contributed by atoms with Crippen LogP contribution in [0, 0.1) is 23.0 Å². The van der Waals surface area contributed by atoms with Crippen molar-refractivity contribution in [3.63, 3.8) is 0 Å². The van der Waals surface area contributed by atoms with Crippen molar-refractivity contribution in [2.45, 2.75) is 12.7 Å². The molecule has 22 heavy (non-hydrogen) atoms. The smallest absolute Gasteiger partial charge is 0.311 e. The Morgan fingerprint density at radius 1 is 1.41 bits per heavy atom. The number of methoxy groups -OCH3 is 1. The molecule has 0 heterocycles. The second-order valence-corrected chi connectivity index (χ2v) is 5.16. The Bertz CT molecular complexity index is 612. The average Bonchev–Trinajstić information content (AvgIpc) is 2.49. The van der Waals surface area contributed by atoms with Gasteiger partial charge in [-0.3, -0.25) is 10.1 Å². The van der Waals surface area contributed by atoms with Gasteiger partial charge in [0.25, 0.3) is 0 Å². The molecular weight excluding hydrogens is 284 g/mol. The standard InChI is InChI=1S/C16H20N2O4/c1-12-7-8-14(18(19)20)15(10-12)22-16(21-3)9-5-4-6-13(16)11-17-2/h4-10,13,17H,11H2,1-3H3. The zero-order valence-electron chi connectivity index (χ0n) is 12.9. The van der Waals surface area contributed by atoms with Crippen LogP contribution in [-0.2, 0) is 4.74 Å². The predicted octanol–water partition coefficient (Wildman–Crippen LogP) is 2.59. The minimum absolute atomic E-state index is 0.0758. The van der Waals surface area contributed by atoms with E-state index >= 15 is 0 Å². The fraction of sp³-hybridized carbons (Fsp3) is 0.375. The second kappa shape index (κ2) is 6.72.